The molecule has 0 aliphatic carbocycles. The highest BCUT2D eigenvalue weighted by atomic mass is 32.2. The molecular weight excluding hydrogens is 366 g/mol. The van der Waals surface area contributed by atoms with Crippen LogP contribution in [0.1, 0.15) is 19.3 Å². The highest BCUT2D eigenvalue weighted by molar-refractivity contribution is 7.85. The molecule has 1 unspecified atom stereocenters. The molecule has 144 valence electrons. The summed E-state index contributed by atoms with van der Waals surface area (Å²) in [6, 6.07) is 0. The lowest BCUT2D eigenvalue weighted by Gasteiger charge is -2.30. The maximum absolute atomic E-state index is 10.6. The van der Waals surface area contributed by atoms with Crippen LogP contribution in [0.15, 0.2) is 10.8 Å². The van der Waals surface area contributed by atoms with Gasteiger partial charge in [-0.05, 0) is 12.8 Å². The summed E-state index contributed by atoms with van der Waals surface area (Å²) in [5, 5.41) is 3.86. The molecule has 0 bridgehead atoms. The molecule has 25 heavy (non-hydrogen) atoms. The van der Waals surface area contributed by atoms with Gasteiger partial charge in [0.1, 0.15) is 6.61 Å². The first-order valence-corrected chi connectivity index (χ1v) is 11.0. The summed E-state index contributed by atoms with van der Waals surface area (Å²) in [7, 11) is -0.0150. The van der Waals surface area contributed by atoms with Crippen LogP contribution in [-0.2, 0) is 14.9 Å². The van der Waals surface area contributed by atoms with Crippen LogP contribution in [-0.4, -0.2) is 76.3 Å². The van der Waals surface area contributed by atoms with Gasteiger partial charge in [0.2, 0.25) is 0 Å². The van der Waals surface area contributed by atoms with Gasteiger partial charge in [-0.3, -0.25) is 0 Å². The van der Waals surface area contributed by atoms with Crippen molar-refractivity contribution in [1.29, 1.82) is 0 Å². The Kier molecular flexibility index (Phi) is 7.51. The van der Waals surface area contributed by atoms with Crippen molar-refractivity contribution in [2.45, 2.75) is 25.4 Å². The van der Waals surface area contributed by atoms with Gasteiger partial charge in [-0.2, -0.15) is 0 Å². The van der Waals surface area contributed by atoms with Gasteiger partial charge in [-0.25, -0.2) is 8.42 Å². The molecule has 0 radical (unpaired) electrons. The smallest absolute Gasteiger partial charge is 0.172 e. The number of quaternary nitrogens is 1. The quantitative estimate of drug-likeness (QED) is 0.323. The maximum atomic E-state index is 10.6. The van der Waals surface area contributed by atoms with Gasteiger partial charge in [0, 0.05) is 29.5 Å². The summed E-state index contributed by atoms with van der Waals surface area (Å²) in [5.74, 6) is 1.32. The van der Waals surface area contributed by atoms with Gasteiger partial charge >= 0.3 is 0 Å². The molecular formula is C16H27NO6S2. The third kappa shape index (κ3) is 7.91. The summed E-state index contributed by atoms with van der Waals surface area (Å²) in [6.45, 7) is 3.28. The van der Waals surface area contributed by atoms with Crippen molar-refractivity contribution in [1.82, 2.24) is 0 Å². The average molecular weight is 394 g/mol. The molecule has 1 atom stereocenters. The second-order valence-corrected chi connectivity index (χ2v) is 9.20. The first kappa shape index (κ1) is 20.4. The van der Waals surface area contributed by atoms with Crippen LogP contribution in [0.2, 0.25) is 0 Å². The first-order chi connectivity index (χ1) is 11.8. The minimum absolute atomic E-state index is 0.0663. The van der Waals surface area contributed by atoms with Crippen LogP contribution in [0.3, 0.4) is 0 Å². The molecule has 0 saturated heterocycles. The summed E-state index contributed by atoms with van der Waals surface area (Å²) in [4.78, 5) is 0. The number of unbranched alkanes of at least 4 members (excludes halogenated alkanes) is 1. The van der Waals surface area contributed by atoms with E-state index in [2.05, 4.69) is 0 Å². The second kappa shape index (κ2) is 9.18. The average Bonchev–Trinajstić information content (AvgIpc) is 2.96. The zero-order chi connectivity index (χ0) is 18.3. The number of ether oxygens (including phenoxy) is 3. The zero-order valence-corrected chi connectivity index (χ0v) is 16.4. The Bertz CT molecular complexity index is 628. The molecule has 1 aliphatic heterocycles. The number of rotatable bonds is 11. The van der Waals surface area contributed by atoms with E-state index in [0.717, 1.165) is 30.9 Å². The van der Waals surface area contributed by atoms with Gasteiger partial charge in [-0.1, -0.05) is 0 Å². The predicted octanol–water partition coefficient (Wildman–Crippen LogP) is 1.70. The van der Waals surface area contributed by atoms with E-state index in [9.17, 15) is 13.0 Å². The third-order valence-corrected chi connectivity index (χ3v) is 5.56. The standard InChI is InChI=1S/C16H27NO6S2/c1-17(2,7-5-9-25(18,19)20)6-3-4-8-21-10-14-11-22-15-12-24-13-16(15)23-14/h12-14H,3-11H2,1-2H3. The summed E-state index contributed by atoms with van der Waals surface area (Å²) < 4.78 is 49.7. The molecule has 2 rings (SSSR count). The Morgan fingerprint density at radius 3 is 2.72 bits per heavy atom. The summed E-state index contributed by atoms with van der Waals surface area (Å²) in [5.41, 5.74) is 0. The van der Waals surface area contributed by atoms with Gasteiger partial charge in [0.15, 0.2) is 17.6 Å². The van der Waals surface area contributed by atoms with E-state index in [4.69, 9.17) is 14.2 Å². The molecule has 0 N–H and O–H groups in total. The minimum Gasteiger partial charge on any atom is -0.748 e. The minimum atomic E-state index is -4.11. The lowest BCUT2D eigenvalue weighted by Crippen LogP contribution is -2.42. The number of fused-ring (bicyclic) bond motifs is 1. The van der Waals surface area contributed by atoms with Gasteiger partial charge < -0.3 is 23.2 Å². The Balaban J connectivity index is 1.51. The highest BCUT2D eigenvalue weighted by Gasteiger charge is 2.21. The van der Waals surface area contributed by atoms with Crippen molar-refractivity contribution >= 4 is 21.5 Å². The molecule has 0 saturated carbocycles. The SMILES string of the molecule is C[N+](C)(CCCCOCC1COc2cscc2O1)CCCS(=O)(=O)[O-]. The summed E-state index contributed by atoms with van der Waals surface area (Å²) >= 11 is 1.56. The Labute approximate surface area is 153 Å². The van der Waals surface area contributed by atoms with Crippen LogP contribution < -0.4 is 9.47 Å². The highest BCUT2D eigenvalue weighted by Crippen LogP contribution is 2.35. The van der Waals surface area contributed by atoms with Crippen LogP contribution in [0.5, 0.6) is 11.5 Å². The van der Waals surface area contributed by atoms with E-state index >= 15 is 0 Å². The fourth-order valence-corrected chi connectivity index (χ4v) is 3.84. The number of hydrogen-bond donors (Lipinski definition) is 0. The number of hydrogen-bond acceptors (Lipinski definition) is 7. The van der Waals surface area contributed by atoms with Crippen LogP contribution in [0.4, 0.5) is 0 Å². The number of nitrogens with zero attached hydrogens (tertiary/aromatic N) is 1. The fourth-order valence-electron chi connectivity index (χ4n) is 2.68. The zero-order valence-electron chi connectivity index (χ0n) is 14.8. The Morgan fingerprint density at radius 2 is 1.96 bits per heavy atom. The van der Waals surface area contributed by atoms with Crippen molar-refractivity contribution < 1.29 is 31.7 Å². The van der Waals surface area contributed by atoms with Crippen LogP contribution in [0.25, 0.3) is 0 Å². The van der Waals surface area contributed by atoms with Crippen LogP contribution >= 0.6 is 11.3 Å². The second-order valence-electron chi connectivity index (χ2n) is 6.93. The van der Waals surface area contributed by atoms with E-state index < -0.39 is 10.1 Å². The Hall–Kier alpha value is -0.870. The molecule has 1 aliphatic rings. The van der Waals surface area contributed by atoms with E-state index in [1.165, 1.54) is 0 Å². The van der Waals surface area contributed by atoms with Crippen molar-refractivity contribution in [3.63, 3.8) is 0 Å². The first-order valence-electron chi connectivity index (χ1n) is 8.44. The summed E-state index contributed by atoms with van der Waals surface area (Å²) in [6.07, 6.45) is 2.24. The predicted molar refractivity (Wildman–Crippen MR) is 95.3 cm³/mol. The molecule has 0 spiro atoms. The van der Waals surface area contributed by atoms with Gasteiger partial charge in [0.05, 0.1) is 43.9 Å². The largest absolute Gasteiger partial charge is 0.748 e. The van der Waals surface area contributed by atoms with E-state index in [-0.39, 0.29) is 11.9 Å². The number of thiophene rings is 1. The van der Waals surface area contributed by atoms with Crippen LogP contribution in [0, 0.1) is 0 Å². The third-order valence-electron chi connectivity index (χ3n) is 4.08. The topological polar surface area (TPSA) is 84.9 Å². The van der Waals surface area contributed by atoms with Gasteiger partial charge in [0.25, 0.3) is 0 Å². The van der Waals surface area contributed by atoms with Crippen molar-refractivity contribution in [3.05, 3.63) is 10.8 Å². The lowest BCUT2D eigenvalue weighted by molar-refractivity contribution is -0.890. The molecule has 9 heteroatoms. The monoisotopic (exact) mass is 393 g/mol. The fraction of sp³-hybridized carbons (Fsp3) is 0.750. The van der Waals surface area contributed by atoms with Crippen molar-refractivity contribution in [3.8, 4) is 11.5 Å². The molecule has 0 amide bonds. The van der Waals surface area contributed by atoms with Crippen molar-refractivity contribution in [2.75, 3.05) is 52.8 Å². The molecule has 1 aromatic heterocycles. The van der Waals surface area contributed by atoms with E-state index in [0.29, 0.717) is 37.3 Å². The molecule has 7 nitrogen and oxygen atoms in total. The van der Waals surface area contributed by atoms with E-state index in [1.807, 2.05) is 24.9 Å². The lowest BCUT2D eigenvalue weighted by atomic mass is 10.2. The molecule has 0 fully saturated rings. The maximum Gasteiger partial charge on any atom is 0.172 e. The van der Waals surface area contributed by atoms with E-state index in [1.54, 1.807) is 11.3 Å². The molecule has 2 heterocycles. The molecule has 1 aromatic rings. The molecule has 0 aromatic carbocycles. The van der Waals surface area contributed by atoms with Gasteiger partial charge in [-0.15, -0.1) is 11.3 Å². The Morgan fingerprint density at radius 1 is 1.24 bits per heavy atom. The normalized spacial score (nSPS) is 17.6. The van der Waals surface area contributed by atoms with Crippen molar-refractivity contribution in [2.24, 2.45) is 0 Å².